The highest BCUT2D eigenvalue weighted by Gasteiger charge is 2.30. The van der Waals surface area contributed by atoms with Crippen molar-refractivity contribution in [3.63, 3.8) is 0 Å². The molecule has 0 aromatic heterocycles. The highest BCUT2D eigenvalue weighted by molar-refractivity contribution is 7.80. The summed E-state index contributed by atoms with van der Waals surface area (Å²) < 4.78 is 18.0. The number of aromatic hydroxyl groups is 1. The fourth-order valence-corrected chi connectivity index (χ4v) is 6.48. The minimum absolute atomic E-state index is 0.00145. The van der Waals surface area contributed by atoms with Crippen LogP contribution in [0.5, 0.6) is 5.75 Å². The molecule has 1 unspecified atom stereocenters. The van der Waals surface area contributed by atoms with Crippen LogP contribution in [-0.4, -0.2) is 65.7 Å². The maximum Gasteiger partial charge on any atom is 0.336 e. The van der Waals surface area contributed by atoms with Crippen molar-refractivity contribution in [1.29, 1.82) is 0 Å². The average molecular weight is 776 g/mol. The molecule has 2 aromatic carbocycles. The Bertz CT molecular complexity index is 2000. The van der Waals surface area contributed by atoms with E-state index < -0.39 is 11.4 Å². The van der Waals surface area contributed by atoms with Crippen molar-refractivity contribution in [3.8, 4) is 28.2 Å². The van der Waals surface area contributed by atoms with E-state index in [1.54, 1.807) is 24.3 Å². The molecular formula is C43H57N3O8S. The average Bonchev–Trinajstić information content (AvgIpc) is 3.10. The standard InChI is InChI=1S/C43H57N3O8S/c1-9-17-43(7,8)53-26-41(3,4)25-45-39(51)42(5,6)18-20-52-24-27(2)16-19-44-40(55)46-28-10-13-31(34(21-28)38(49)50)37-32-14-11-29(47)22-35(32)54-36-23-30(48)12-15-33(36)37/h10-15,21-23,27,47H,9,16-20,24-26H2,1-8H3,(H,45,51)(H,49,50)(H2,44,46,55). The number of carbonyl (C=O) groups is 2. The number of anilines is 1. The summed E-state index contributed by atoms with van der Waals surface area (Å²) in [5.41, 5.74) is 1.16. The van der Waals surface area contributed by atoms with Gasteiger partial charge in [-0.3, -0.25) is 9.59 Å². The lowest BCUT2D eigenvalue weighted by molar-refractivity contribution is -0.131. The van der Waals surface area contributed by atoms with E-state index in [9.17, 15) is 24.6 Å². The monoisotopic (exact) mass is 775 g/mol. The van der Waals surface area contributed by atoms with Crippen LogP contribution in [-0.2, 0) is 14.3 Å². The second kappa shape index (κ2) is 18.4. The van der Waals surface area contributed by atoms with Crippen LogP contribution in [0.15, 0.2) is 63.8 Å². The molecule has 0 bridgehead atoms. The smallest absolute Gasteiger partial charge is 0.336 e. The first-order valence-corrected chi connectivity index (χ1v) is 19.3. The second-order valence-electron chi connectivity index (χ2n) is 16.5. The number of amides is 1. The SMILES string of the molecule is CCCC(C)(C)OCC(C)(C)CNC(=O)C(C)(C)CCOCC(C)CCNC(=S)Nc1ccc(-c2c3ccc(=O)cc-3oc3cc(O)ccc23)c(C(=O)O)c1. The number of carboxylic acids is 1. The maximum atomic E-state index is 13.0. The summed E-state index contributed by atoms with van der Waals surface area (Å²) in [5.74, 6) is -0.666. The summed E-state index contributed by atoms with van der Waals surface area (Å²) in [6.07, 6.45) is 3.41. The Balaban J connectivity index is 1.25. The van der Waals surface area contributed by atoms with Gasteiger partial charge in [0.15, 0.2) is 10.5 Å². The normalized spacial score (nSPS) is 12.8. The van der Waals surface area contributed by atoms with E-state index in [2.05, 4.69) is 57.5 Å². The van der Waals surface area contributed by atoms with Gasteiger partial charge in [-0.05, 0) is 93.2 Å². The summed E-state index contributed by atoms with van der Waals surface area (Å²) in [6, 6.07) is 13.9. The van der Waals surface area contributed by atoms with Crippen molar-refractivity contribution in [2.75, 3.05) is 38.2 Å². The first-order chi connectivity index (χ1) is 25.8. The quantitative estimate of drug-likeness (QED) is 0.0353. The van der Waals surface area contributed by atoms with Crippen LogP contribution in [0.2, 0.25) is 0 Å². The Morgan fingerprint density at radius 2 is 1.67 bits per heavy atom. The lowest BCUT2D eigenvalue weighted by atomic mass is 9.87. The minimum atomic E-state index is -1.15. The second-order valence-corrected chi connectivity index (χ2v) is 16.9. The van der Waals surface area contributed by atoms with Crippen LogP contribution in [0.1, 0.15) is 91.4 Å². The molecule has 1 amide bonds. The van der Waals surface area contributed by atoms with Crippen LogP contribution in [0.4, 0.5) is 5.69 Å². The van der Waals surface area contributed by atoms with E-state index in [4.69, 9.17) is 26.1 Å². The van der Waals surface area contributed by atoms with Crippen LogP contribution in [0, 0.1) is 16.7 Å². The van der Waals surface area contributed by atoms with E-state index in [1.807, 2.05) is 13.8 Å². The van der Waals surface area contributed by atoms with Crippen molar-refractivity contribution in [3.05, 3.63) is 70.4 Å². The number of aromatic carboxylic acids is 1. The molecule has 4 rings (SSSR count). The van der Waals surface area contributed by atoms with Gasteiger partial charge in [0.1, 0.15) is 17.1 Å². The van der Waals surface area contributed by atoms with Gasteiger partial charge in [-0.25, -0.2) is 4.79 Å². The molecule has 0 spiro atoms. The molecule has 2 aromatic rings. The molecule has 55 heavy (non-hydrogen) atoms. The van der Waals surface area contributed by atoms with Crippen molar-refractivity contribution < 1.29 is 33.7 Å². The number of rotatable bonds is 19. The fraction of sp³-hybridized carbons (Fsp3) is 0.488. The van der Waals surface area contributed by atoms with Gasteiger partial charge >= 0.3 is 5.97 Å². The molecule has 1 aliphatic heterocycles. The Morgan fingerprint density at radius 3 is 2.38 bits per heavy atom. The lowest BCUT2D eigenvalue weighted by Gasteiger charge is -2.33. The molecule has 5 N–H and O–H groups in total. The van der Waals surface area contributed by atoms with Crippen LogP contribution < -0.4 is 21.4 Å². The van der Waals surface area contributed by atoms with Gasteiger partial charge in [-0.15, -0.1) is 0 Å². The van der Waals surface area contributed by atoms with Crippen molar-refractivity contribution in [2.45, 2.75) is 86.7 Å². The third-order valence-corrected chi connectivity index (χ3v) is 9.94. The van der Waals surface area contributed by atoms with Crippen molar-refractivity contribution >= 4 is 45.9 Å². The topological polar surface area (TPSA) is 159 Å². The number of hydrogen-bond donors (Lipinski definition) is 5. The minimum Gasteiger partial charge on any atom is -0.508 e. The summed E-state index contributed by atoms with van der Waals surface area (Å²) in [7, 11) is 0. The Labute approximate surface area is 329 Å². The number of thiocarbonyl (C=S) groups is 1. The zero-order valence-corrected chi connectivity index (χ0v) is 34.2. The predicted molar refractivity (Wildman–Crippen MR) is 222 cm³/mol. The maximum absolute atomic E-state index is 13.0. The molecule has 12 heteroatoms. The third-order valence-electron chi connectivity index (χ3n) is 9.70. The zero-order valence-electron chi connectivity index (χ0n) is 33.4. The van der Waals surface area contributed by atoms with E-state index in [1.165, 1.54) is 30.3 Å². The lowest BCUT2D eigenvalue weighted by Crippen LogP contribution is -2.44. The third kappa shape index (κ3) is 12.2. The van der Waals surface area contributed by atoms with E-state index >= 15 is 0 Å². The predicted octanol–water partition coefficient (Wildman–Crippen LogP) is 8.45. The molecule has 0 saturated heterocycles. The summed E-state index contributed by atoms with van der Waals surface area (Å²) in [5, 5.41) is 30.7. The van der Waals surface area contributed by atoms with E-state index in [-0.39, 0.29) is 45.3 Å². The van der Waals surface area contributed by atoms with Gasteiger partial charge in [-0.1, -0.05) is 54.0 Å². The number of carbonyl (C=O) groups excluding carboxylic acids is 1. The van der Waals surface area contributed by atoms with Crippen molar-refractivity contribution in [2.24, 2.45) is 16.7 Å². The molecule has 1 atom stereocenters. The summed E-state index contributed by atoms with van der Waals surface area (Å²) in [6.45, 7) is 19.2. The fourth-order valence-electron chi connectivity index (χ4n) is 6.26. The highest BCUT2D eigenvalue weighted by atomic mass is 32.1. The van der Waals surface area contributed by atoms with Crippen molar-refractivity contribution in [1.82, 2.24) is 10.6 Å². The summed E-state index contributed by atoms with van der Waals surface area (Å²) in [4.78, 5) is 37.7. The van der Waals surface area contributed by atoms with Crippen LogP contribution in [0.3, 0.4) is 0 Å². The summed E-state index contributed by atoms with van der Waals surface area (Å²) >= 11 is 5.52. The Morgan fingerprint density at radius 1 is 0.945 bits per heavy atom. The van der Waals surface area contributed by atoms with Crippen LogP contribution in [0.25, 0.3) is 33.4 Å². The van der Waals surface area contributed by atoms with Gasteiger partial charge in [0.25, 0.3) is 0 Å². The first-order valence-electron chi connectivity index (χ1n) is 18.9. The largest absolute Gasteiger partial charge is 0.508 e. The number of carboxylic acid groups (broad SMARTS) is 1. The number of fused-ring (bicyclic) bond motifs is 2. The molecule has 0 saturated carbocycles. The molecule has 298 valence electrons. The van der Waals surface area contributed by atoms with E-state index in [0.717, 1.165) is 19.3 Å². The number of nitrogens with one attached hydrogen (secondary N) is 3. The molecular weight excluding hydrogens is 719 g/mol. The van der Waals surface area contributed by atoms with Gasteiger partial charge in [0.2, 0.25) is 5.91 Å². The molecule has 0 fully saturated rings. The number of phenols is 1. The number of phenolic OH excluding ortho intramolecular Hbond substituents is 1. The van der Waals surface area contributed by atoms with Gasteiger partial charge in [0, 0.05) is 71.5 Å². The number of ether oxygens (including phenoxy) is 2. The zero-order chi connectivity index (χ0) is 40.6. The van der Waals surface area contributed by atoms with E-state index in [0.29, 0.717) is 77.8 Å². The van der Waals surface area contributed by atoms with Crippen LogP contribution >= 0.6 is 12.2 Å². The van der Waals surface area contributed by atoms with Gasteiger partial charge < -0.3 is 40.1 Å². The van der Waals surface area contributed by atoms with Gasteiger partial charge in [0.05, 0.1) is 17.8 Å². The molecule has 0 radical (unpaired) electrons. The molecule has 1 heterocycles. The molecule has 11 nitrogen and oxygen atoms in total. The Hall–Kier alpha value is -4.52. The number of hydrogen-bond acceptors (Lipinski definition) is 8. The van der Waals surface area contributed by atoms with Gasteiger partial charge in [-0.2, -0.15) is 0 Å². The highest BCUT2D eigenvalue weighted by Crippen LogP contribution is 2.42. The first kappa shape index (κ1) is 43.2. The Kier molecular flexibility index (Phi) is 14.5. The molecule has 1 aliphatic carbocycles. The number of benzene rings is 3. The molecule has 2 aliphatic rings.